The van der Waals surface area contributed by atoms with Crippen molar-refractivity contribution in [1.82, 2.24) is 14.9 Å². The number of hydrogen-bond donors (Lipinski definition) is 2. The second-order valence-corrected chi connectivity index (χ2v) is 4.27. The van der Waals surface area contributed by atoms with Crippen LogP contribution in [0, 0.1) is 0 Å². The number of amides is 1. The molecule has 1 atom stereocenters. The highest BCUT2D eigenvalue weighted by atomic mass is 16.5. The van der Waals surface area contributed by atoms with Crippen molar-refractivity contribution in [3.8, 4) is 0 Å². The molecule has 1 fully saturated rings. The lowest BCUT2D eigenvalue weighted by Gasteiger charge is -2.13. The van der Waals surface area contributed by atoms with Crippen LogP contribution < -0.4 is 11.1 Å². The summed E-state index contributed by atoms with van der Waals surface area (Å²) in [5, 5.41) is 3.08. The van der Waals surface area contributed by atoms with Crippen molar-refractivity contribution in [2.75, 3.05) is 31.8 Å². The van der Waals surface area contributed by atoms with Crippen molar-refractivity contribution in [3.63, 3.8) is 0 Å². The topological polar surface area (TPSA) is 93.4 Å². The molecule has 0 aromatic carbocycles. The highest BCUT2D eigenvalue weighted by Gasteiger charge is 2.29. The first-order valence-electron chi connectivity index (χ1n) is 5.74. The number of rotatable bonds is 4. The van der Waals surface area contributed by atoms with Gasteiger partial charge in [-0.3, -0.25) is 4.79 Å². The minimum Gasteiger partial charge on any atom is -0.384 e. The van der Waals surface area contributed by atoms with Crippen LogP contribution in [-0.4, -0.2) is 47.5 Å². The molecule has 1 aliphatic rings. The van der Waals surface area contributed by atoms with E-state index in [-0.39, 0.29) is 18.6 Å². The fourth-order valence-electron chi connectivity index (χ4n) is 1.92. The van der Waals surface area contributed by atoms with Gasteiger partial charge < -0.3 is 20.7 Å². The number of carbonyl (C=O) groups is 1. The number of nitrogens with two attached hydrogens (primary N) is 1. The number of nitrogens with zero attached hydrogens (tertiary/aromatic N) is 3. The Hall–Kier alpha value is -1.89. The molecule has 0 bridgehead atoms. The number of carbonyl (C=O) groups excluding carboxylic acids is 1. The third-order valence-corrected chi connectivity index (χ3v) is 2.82. The number of nitrogens with one attached hydrogen (secondary N) is 1. The maximum atomic E-state index is 11.8. The molecule has 1 unspecified atom stereocenters. The molecule has 7 heteroatoms. The smallest absolute Gasteiger partial charge is 0.244 e. The normalized spacial score (nSPS) is 19.3. The lowest BCUT2D eigenvalue weighted by Crippen LogP contribution is -2.31. The van der Waals surface area contributed by atoms with Crippen molar-refractivity contribution in [1.29, 1.82) is 0 Å². The molecule has 1 amide bonds. The fourth-order valence-corrected chi connectivity index (χ4v) is 1.92. The molecule has 1 saturated heterocycles. The van der Waals surface area contributed by atoms with Gasteiger partial charge in [0.2, 0.25) is 5.91 Å². The molecule has 18 heavy (non-hydrogen) atoms. The molecule has 0 spiro atoms. The van der Waals surface area contributed by atoms with E-state index in [9.17, 15) is 4.79 Å². The van der Waals surface area contributed by atoms with Gasteiger partial charge in [-0.05, 0) is 6.42 Å². The van der Waals surface area contributed by atoms with E-state index in [1.807, 2.05) is 0 Å². The van der Waals surface area contributed by atoms with E-state index < -0.39 is 0 Å². The third-order valence-electron chi connectivity index (χ3n) is 2.82. The lowest BCUT2D eigenvalue weighted by molar-refractivity contribution is -0.127. The summed E-state index contributed by atoms with van der Waals surface area (Å²) in [6, 6.07) is 1.38. The Balaban J connectivity index is 2.11. The van der Waals surface area contributed by atoms with Gasteiger partial charge in [0.25, 0.3) is 0 Å². The summed E-state index contributed by atoms with van der Waals surface area (Å²) in [6.07, 6.45) is 0.763. The lowest BCUT2D eigenvalue weighted by atomic mass is 10.2. The summed E-state index contributed by atoms with van der Waals surface area (Å²) in [7, 11) is 3.35. The Morgan fingerprint density at radius 3 is 3.00 bits per heavy atom. The van der Waals surface area contributed by atoms with Gasteiger partial charge in [0.15, 0.2) is 5.82 Å². The van der Waals surface area contributed by atoms with Crippen molar-refractivity contribution in [3.05, 3.63) is 11.9 Å². The zero-order chi connectivity index (χ0) is 13.1. The van der Waals surface area contributed by atoms with Crippen LogP contribution in [0.3, 0.4) is 0 Å². The number of nitrogen functional groups attached to an aromatic ring is 1. The number of aromatic nitrogens is 2. The first kappa shape index (κ1) is 12.6. The average Bonchev–Trinajstić information content (AvgIpc) is 2.61. The molecule has 2 rings (SSSR count). The summed E-state index contributed by atoms with van der Waals surface area (Å²) >= 11 is 0. The highest BCUT2D eigenvalue weighted by Crippen LogP contribution is 2.16. The van der Waals surface area contributed by atoms with Gasteiger partial charge in [-0.2, -0.15) is 0 Å². The minimum absolute atomic E-state index is 0.0699. The SMILES string of the molecule is COCc1nc(N)cc(NC2CCN(C)C2=O)n1. The molecule has 0 saturated carbocycles. The number of hydrogen-bond acceptors (Lipinski definition) is 6. The average molecular weight is 251 g/mol. The van der Waals surface area contributed by atoms with E-state index in [4.69, 9.17) is 10.5 Å². The molecular weight excluding hydrogens is 234 g/mol. The molecule has 0 radical (unpaired) electrons. The molecule has 98 valence electrons. The Morgan fingerprint density at radius 1 is 1.61 bits per heavy atom. The second-order valence-electron chi connectivity index (χ2n) is 4.27. The van der Waals surface area contributed by atoms with E-state index in [1.165, 1.54) is 0 Å². The minimum atomic E-state index is -0.236. The van der Waals surface area contributed by atoms with Crippen molar-refractivity contribution >= 4 is 17.5 Å². The standard InChI is InChI=1S/C11H17N5O2/c1-16-4-3-7(11(16)17)13-9-5-8(12)14-10(15-9)6-18-2/h5,7H,3-4,6H2,1-2H3,(H3,12,13,14,15). The molecule has 7 nitrogen and oxygen atoms in total. The number of likely N-dealkylation sites (N-methyl/N-ethyl adjacent to an activating group) is 1. The van der Waals surface area contributed by atoms with E-state index in [0.29, 0.717) is 17.5 Å². The highest BCUT2D eigenvalue weighted by molar-refractivity contribution is 5.86. The van der Waals surface area contributed by atoms with Gasteiger partial charge in [-0.15, -0.1) is 0 Å². The van der Waals surface area contributed by atoms with Gasteiger partial charge in [0.05, 0.1) is 0 Å². The monoisotopic (exact) mass is 251 g/mol. The van der Waals surface area contributed by atoms with Gasteiger partial charge in [0.1, 0.15) is 24.3 Å². The molecule has 1 aliphatic heterocycles. The third kappa shape index (κ3) is 2.67. The fraction of sp³-hybridized carbons (Fsp3) is 0.545. The van der Waals surface area contributed by atoms with Crippen LogP contribution in [0.2, 0.25) is 0 Å². The van der Waals surface area contributed by atoms with Crippen LogP contribution in [0.15, 0.2) is 6.07 Å². The molecular formula is C11H17N5O2. The number of methoxy groups -OCH3 is 1. The largest absolute Gasteiger partial charge is 0.384 e. The van der Waals surface area contributed by atoms with Crippen LogP contribution in [-0.2, 0) is 16.1 Å². The zero-order valence-corrected chi connectivity index (χ0v) is 10.5. The maximum Gasteiger partial charge on any atom is 0.244 e. The van der Waals surface area contributed by atoms with Crippen molar-refractivity contribution in [2.45, 2.75) is 19.1 Å². The van der Waals surface area contributed by atoms with E-state index >= 15 is 0 Å². The summed E-state index contributed by atoms with van der Waals surface area (Å²) < 4.78 is 4.96. The van der Waals surface area contributed by atoms with Crippen LogP contribution in [0.25, 0.3) is 0 Å². The van der Waals surface area contributed by atoms with Gasteiger partial charge >= 0.3 is 0 Å². The van der Waals surface area contributed by atoms with Crippen LogP contribution in [0.4, 0.5) is 11.6 Å². The van der Waals surface area contributed by atoms with E-state index in [1.54, 1.807) is 25.1 Å². The summed E-state index contributed by atoms with van der Waals surface area (Å²) in [6.45, 7) is 1.04. The van der Waals surface area contributed by atoms with Crippen molar-refractivity contribution in [2.24, 2.45) is 0 Å². The van der Waals surface area contributed by atoms with Crippen LogP contribution in [0.5, 0.6) is 0 Å². The summed E-state index contributed by atoms with van der Waals surface area (Å²) in [5.41, 5.74) is 5.68. The number of ether oxygens (including phenoxy) is 1. The molecule has 0 aliphatic carbocycles. The number of likely N-dealkylation sites (tertiary alicyclic amines) is 1. The first-order chi connectivity index (χ1) is 8.60. The quantitative estimate of drug-likeness (QED) is 0.773. The molecule has 1 aromatic heterocycles. The molecule has 1 aromatic rings. The first-order valence-corrected chi connectivity index (χ1v) is 5.74. The van der Waals surface area contributed by atoms with Crippen molar-refractivity contribution < 1.29 is 9.53 Å². The van der Waals surface area contributed by atoms with Gasteiger partial charge in [-0.25, -0.2) is 9.97 Å². The van der Waals surface area contributed by atoms with Gasteiger partial charge in [-0.1, -0.05) is 0 Å². The predicted molar refractivity (Wildman–Crippen MR) is 66.8 cm³/mol. The second kappa shape index (κ2) is 5.18. The Morgan fingerprint density at radius 2 is 2.39 bits per heavy atom. The van der Waals surface area contributed by atoms with Crippen LogP contribution >= 0.6 is 0 Å². The van der Waals surface area contributed by atoms with E-state index in [2.05, 4.69) is 15.3 Å². The zero-order valence-electron chi connectivity index (χ0n) is 10.5. The molecule has 3 N–H and O–H groups in total. The summed E-state index contributed by atoms with van der Waals surface area (Å²) in [5.74, 6) is 1.49. The Kier molecular flexibility index (Phi) is 3.61. The van der Waals surface area contributed by atoms with Gasteiger partial charge in [0, 0.05) is 26.8 Å². The van der Waals surface area contributed by atoms with E-state index in [0.717, 1.165) is 13.0 Å². The maximum absolute atomic E-state index is 11.8. The Labute approximate surface area is 105 Å². The molecule has 2 heterocycles. The number of anilines is 2. The van der Waals surface area contributed by atoms with Crippen LogP contribution in [0.1, 0.15) is 12.2 Å². The Bertz CT molecular complexity index is 451. The summed E-state index contributed by atoms with van der Waals surface area (Å²) in [4.78, 5) is 21.7. The predicted octanol–water partition coefficient (Wildman–Crippen LogP) is -0.152.